The number of carbonyl (C=O) groups excluding carboxylic acids is 1. The van der Waals surface area contributed by atoms with Crippen LogP contribution in [0.15, 0.2) is 61.2 Å². The zero-order chi connectivity index (χ0) is 18.9. The fraction of sp³-hybridized carbons (Fsp3) is 0.318. The second kappa shape index (κ2) is 9.78. The van der Waals surface area contributed by atoms with Crippen molar-refractivity contribution >= 4 is 6.09 Å². The third kappa shape index (κ3) is 5.20. The third-order valence-corrected chi connectivity index (χ3v) is 4.29. The summed E-state index contributed by atoms with van der Waals surface area (Å²) in [7, 11) is 0. The van der Waals surface area contributed by atoms with Gasteiger partial charge in [0, 0.05) is 18.7 Å². The molecule has 0 saturated heterocycles. The highest BCUT2D eigenvalue weighted by Gasteiger charge is 2.18. The number of rotatable bonds is 8. The Morgan fingerprint density at radius 3 is 2.46 bits per heavy atom. The first-order chi connectivity index (χ1) is 12.6. The predicted molar refractivity (Wildman–Crippen MR) is 104 cm³/mol. The van der Waals surface area contributed by atoms with Crippen LogP contribution in [0.25, 0.3) is 0 Å². The molecule has 0 saturated carbocycles. The van der Waals surface area contributed by atoms with Crippen LogP contribution in [0.5, 0.6) is 5.75 Å². The van der Waals surface area contributed by atoms with Crippen molar-refractivity contribution in [2.75, 3.05) is 13.1 Å². The minimum atomic E-state index is -0.761. The van der Waals surface area contributed by atoms with E-state index in [1.54, 1.807) is 17.0 Å². The Bertz CT molecular complexity index is 723. The lowest BCUT2D eigenvalue weighted by Gasteiger charge is -2.21. The highest BCUT2D eigenvalue weighted by Crippen LogP contribution is 2.30. The number of aliphatic hydroxyl groups is 1. The molecule has 0 fully saturated rings. The summed E-state index contributed by atoms with van der Waals surface area (Å²) in [5, 5.41) is 10.5. The molecule has 2 aromatic rings. The van der Waals surface area contributed by atoms with Gasteiger partial charge in [0.05, 0.1) is 6.10 Å². The lowest BCUT2D eigenvalue weighted by atomic mass is 9.98. The van der Waals surface area contributed by atoms with Crippen LogP contribution in [0.2, 0.25) is 0 Å². The fourth-order valence-corrected chi connectivity index (χ4v) is 2.82. The molecule has 4 heteroatoms. The smallest absolute Gasteiger partial charge is 0.410 e. The molecular formula is C22H27NO3. The van der Waals surface area contributed by atoms with Crippen molar-refractivity contribution in [3.05, 3.63) is 77.9 Å². The van der Waals surface area contributed by atoms with E-state index in [9.17, 15) is 9.90 Å². The Hall–Kier alpha value is -2.59. The highest BCUT2D eigenvalue weighted by molar-refractivity contribution is 5.71. The standard InChI is InChI=1S/C22H27NO3/c1-4-10-20(24)19-16-18(15-17-11-8-7-9-12-17)13-14-21(19)26-22(25)23(5-2)6-3/h4,7-9,11-14,16,20,24H,1,5-6,10,15H2,2-3H3. The lowest BCUT2D eigenvalue weighted by molar-refractivity contribution is 0.150. The molecule has 0 aromatic heterocycles. The summed E-state index contributed by atoms with van der Waals surface area (Å²) in [6.07, 6.45) is 1.63. The summed E-state index contributed by atoms with van der Waals surface area (Å²) < 4.78 is 5.55. The van der Waals surface area contributed by atoms with E-state index in [1.165, 1.54) is 5.56 Å². The van der Waals surface area contributed by atoms with E-state index in [0.717, 1.165) is 12.0 Å². The van der Waals surface area contributed by atoms with Crippen molar-refractivity contribution in [1.82, 2.24) is 4.90 Å². The largest absolute Gasteiger partial charge is 0.415 e. The molecule has 0 heterocycles. The molecule has 2 rings (SSSR count). The second-order valence-electron chi connectivity index (χ2n) is 6.11. The van der Waals surface area contributed by atoms with E-state index >= 15 is 0 Å². The first-order valence-corrected chi connectivity index (χ1v) is 9.01. The average molecular weight is 353 g/mol. The Balaban J connectivity index is 2.29. The maximum atomic E-state index is 12.3. The minimum Gasteiger partial charge on any atom is -0.410 e. The Labute approximate surface area is 155 Å². The first kappa shape index (κ1) is 19.7. The topological polar surface area (TPSA) is 49.8 Å². The van der Waals surface area contributed by atoms with Gasteiger partial charge in [0.1, 0.15) is 5.75 Å². The van der Waals surface area contributed by atoms with Gasteiger partial charge in [-0.3, -0.25) is 0 Å². The molecule has 0 aliphatic rings. The number of amides is 1. The van der Waals surface area contributed by atoms with Crippen molar-refractivity contribution in [3.8, 4) is 5.75 Å². The highest BCUT2D eigenvalue weighted by atomic mass is 16.6. The van der Waals surface area contributed by atoms with Gasteiger partial charge < -0.3 is 14.7 Å². The van der Waals surface area contributed by atoms with Gasteiger partial charge in [-0.05, 0) is 49.9 Å². The quantitative estimate of drug-likeness (QED) is 0.698. The van der Waals surface area contributed by atoms with Crippen molar-refractivity contribution in [3.63, 3.8) is 0 Å². The number of hydrogen-bond acceptors (Lipinski definition) is 3. The molecule has 1 unspecified atom stereocenters. The monoisotopic (exact) mass is 353 g/mol. The van der Waals surface area contributed by atoms with E-state index in [2.05, 4.69) is 18.7 Å². The number of carbonyl (C=O) groups is 1. The molecular weight excluding hydrogens is 326 g/mol. The SMILES string of the molecule is C=CCC(O)c1cc(Cc2ccccc2)ccc1OC(=O)N(CC)CC. The van der Waals surface area contributed by atoms with Gasteiger partial charge in [-0.2, -0.15) is 0 Å². The van der Waals surface area contributed by atoms with Crippen LogP contribution in [0.3, 0.4) is 0 Å². The first-order valence-electron chi connectivity index (χ1n) is 9.01. The van der Waals surface area contributed by atoms with E-state index in [1.807, 2.05) is 44.2 Å². The van der Waals surface area contributed by atoms with Crippen molar-refractivity contribution in [2.24, 2.45) is 0 Å². The molecule has 138 valence electrons. The maximum absolute atomic E-state index is 12.3. The molecule has 4 nitrogen and oxygen atoms in total. The fourth-order valence-electron chi connectivity index (χ4n) is 2.82. The molecule has 0 radical (unpaired) electrons. The average Bonchev–Trinajstić information content (AvgIpc) is 2.65. The Morgan fingerprint density at radius 2 is 1.85 bits per heavy atom. The molecule has 1 atom stereocenters. The van der Waals surface area contributed by atoms with Gasteiger partial charge in [0.2, 0.25) is 0 Å². The van der Waals surface area contributed by atoms with Crippen LogP contribution >= 0.6 is 0 Å². The summed E-state index contributed by atoms with van der Waals surface area (Å²) in [5.41, 5.74) is 2.85. The van der Waals surface area contributed by atoms with Crippen molar-refractivity contribution < 1.29 is 14.6 Å². The van der Waals surface area contributed by atoms with Gasteiger partial charge in [-0.1, -0.05) is 42.5 Å². The normalized spacial score (nSPS) is 11.7. The molecule has 26 heavy (non-hydrogen) atoms. The molecule has 0 aliphatic heterocycles. The van der Waals surface area contributed by atoms with Gasteiger partial charge >= 0.3 is 6.09 Å². The molecule has 0 aliphatic carbocycles. The van der Waals surface area contributed by atoms with Gasteiger partial charge in [-0.25, -0.2) is 4.79 Å². The Kier molecular flexibility index (Phi) is 7.42. The lowest BCUT2D eigenvalue weighted by Crippen LogP contribution is -2.33. The number of nitrogens with zero attached hydrogens (tertiary/aromatic N) is 1. The van der Waals surface area contributed by atoms with Crippen LogP contribution in [0, 0.1) is 0 Å². The van der Waals surface area contributed by atoms with Crippen LogP contribution in [0.4, 0.5) is 4.79 Å². The molecule has 2 aromatic carbocycles. The van der Waals surface area contributed by atoms with E-state index in [-0.39, 0.29) is 0 Å². The third-order valence-electron chi connectivity index (χ3n) is 4.29. The van der Waals surface area contributed by atoms with Gasteiger partial charge in [0.15, 0.2) is 0 Å². The van der Waals surface area contributed by atoms with Crippen LogP contribution in [-0.2, 0) is 6.42 Å². The van der Waals surface area contributed by atoms with E-state index < -0.39 is 12.2 Å². The van der Waals surface area contributed by atoms with Crippen molar-refractivity contribution in [1.29, 1.82) is 0 Å². The van der Waals surface area contributed by atoms with E-state index in [0.29, 0.717) is 30.8 Å². The maximum Gasteiger partial charge on any atom is 0.415 e. The zero-order valence-corrected chi connectivity index (χ0v) is 15.5. The number of aliphatic hydroxyl groups excluding tert-OH is 1. The van der Waals surface area contributed by atoms with Crippen LogP contribution in [0.1, 0.15) is 43.1 Å². The molecule has 1 amide bonds. The van der Waals surface area contributed by atoms with Crippen molar-refractivity contribution in [2.45, 2.75) is 32.8 Å². The zero-order valence-electron chi connectivity index (χ0n) is 15.5. The van der Waals surface area contributed by atoms with Crippen LogP contribution < -0.4 is 4.74 Å². The minimum absolute atomic E-state index is 0.393. The molecule has 1 N–H and O–H groups in total. The number of benzene rings is 2. The Morgan fingerprint density at radius 1 is 1.15 bits per heavy atom. The molecule has 0 bridgehead atoms. The van der Waals surface area contributed by atoms with Crippen LogP contribution in [-0.4, -0.2) is 29.2 Å². The summed E-state index contributed by atoms with van der Waals surface area (Å²) in [5.74, 6) is 0.396. The van der Waals surface area contributed by atoms with Gasteiger partial charge in [-0.15, -0.1) is 6.58 Å². The summed E-state index contributed by atoms with van der Waals surface area (Å²) in [4.78, 5) is 13.9. The predicted octanol–water partition coefficient (Wildman–Crippen LogP) is 4.73. The molecule has 0 spiro atoms. The summed E-state index contributed by atoms with van der Waals surface area (Å²) in [6.45, 7) is 8.64. The summed E-state index contributed by atoms with van der Waals surface area (Å²) in [6, 6.07) is 15.7. The van der Waals surface area contributed by atoms with Gasteiger partial charge in [0.25, 0.3) is 0 Å². The van der Waals surface area contributed by atoms with E-state index in [4.69, 9.17) is 4.74 Å². The number of ether oxygens (including phenoxy) is 1. The number of hydrogen-bond donors (Lipinski definition) is 1. The summed E-state index contributed by atoms with van der Waals surface area (Å²) >= 11 is 0. The second-order valence-corrected chi connectivity index (χ2v) is 6.11.